The molecule has 3 N–H and O–H groups in total. The second-order valence-electron chi connectivity index (χ2n) is 4.79. The first-order chi connectivity index (χ1) is 8.89. The van der Waals surface area contributed by atoms with Gasteiger partial charge in [-0.3, -0.25) is 0 Å². The fourth-order valence-corrected chi connectivity index (χ4v) is 2.84. The first-order valence-electron chi connectivity index (χ1n) is 6.00. The molecule has 0 aromatic heterocycles. The number of hydrogen-bond donors (Lipinski definition) is 2. The molecule has 0 unspecified atom stereocenters. The summed E-state index contributed by atoms with van der Waals surface area (Å²) < 4.78 is 47.3. The molecule has 0 radical (unpaired) electrons. The van der Waals surface area contributed by atoms with Crippen molar-refractivity contribution < 1.29 is 17.2 Å². The van der Waals surface area contributed by atoms with Gasteiger partial charge in [0.2, 0.25) is 9.84 Å². The fourth-order valence-electron chi connectivity index (χ4n) is 2.12. The van der Waals surface area contributed by atoms with E-state index in [-0.39, 0.29) is 10.4 Å². The minimum Gasteiger partial charge on any atom is -0.378 e. The predicted molar refractivity (Wildman–Crippen MR) is 68.9 cm³/mol. The van der Waals surface area contributed by atoms with E-state index in [0.717, 1.165) is 19.3 Å². The van der Waals surface area contributed by atoms with Crippen molar-refractivity contribution in [1.82, 2.24) is 0 Å². The summed E-state index contributed by atoms with van der Waals surface area (Å²) in [7, 11) is -4.52. The third kappa shape index (κ3) is 2.71. The molecule has 0 amide bonds. The molecule has 0 bridgehead atoms. The Labute approximate surface area is 110 Å². The summed E-state index contributed by atoms with van der Waals surface area (Å²) >= 11 is 0. The molecule has 1 fully saturated rings. The lowest BCUT2D eigenvalue weighted by Gasteiger charge is -2.42. The van der Waals surface area contributed by atoms with Crippen LogP contribution in [0.4, 0.5) is 14.5 Å². The van der Waals surface area contributed by atoms with Crippen LogP contribution in [0.1, 0.15) is 19.3 Å². The predicted octanol–water partition coefficient (Wildman–Crippen LogP) is 1.98. The Kier molecular flexibility index (Phi) is 3.78. The van der Waals surface area contributed by atoms with Crippen LogP contribution in [0.5, 0.6) is 0 Å². The summed E-state index contributed by atoms with van der Waals surface area (Å²) in [6.07, 6.45) is 3.02. The van der Waals surface area contributed by atoms with E-state index in [1.54, 1.807) is 0 Å². The van der Waals surface area contributed by atoms with Gasteiger partial charge < -0.3 is 11.1 Å². The number of benzene rings is 1. The Morgan fingerprint density at radius 2 is 1.84 bits per heavy atom. The van der Waals surface area contributed by atoms with E-state index in [1.807, 2.05) is 0 Å². The van der Waals surface area contributed by atoms with Crippen molar-refractivity contribution in [2.45, 2.75) is 35.5 Å². The minimum absolute atomic E-state index is 0.136. The molecule has 1 aliphatic carbocycles. The standard InChI is InChI=1S/C12H16F2N2O2S/c13-11(14)19(17,18)10-4-2-9(3-5-10)16-12(8-15)6-1-7-12/h2-5,11,16H,1,6-8,15H2. The molecule has 106 valence electrons. The SMILES string of the molecule is NCC1(Nc2ccc(S(=O)(=O)C(F)F)cc2)CCC1. The average molecular weight is 290 g/mol. The molecule has 1 aromatic carbocycles. The zero-order chi connectivity index (χ0) is 14.1. The number of alkyl halides is 2. The lowest BCUT2D eigenvalue weighted by atomic mass is 9.76. The van der Waals surface area contributed by atoms with E-state index in [0.29, 0.717) is 12.2 Å². The lowest BCUT2D eigenvalue weighted by molar-refractivity contribution is 0.234. The van der Waals surface area contributed by atoms with Crippen molar-refractivity contribution in [1.29, 1.82) is 0 Å². The van der Waals surface area contributed by atoms with Gasteiger partial charge in [0, 0.05) is 17.8 Å². The molecule has 2 rings (SSSR count). The first kappa shape index (κ1) is 14.2. The third-order valence-electron chi connectivity index (χ3n) is 3.53. The maximum Gasteiger partial charge on any atom is 0.341 e. The van der Waals surface area contributed by atoms with Gasteiger partial charge in [-0.2, -0.15) is 8.78 Å². The summed E-state index contributed by atoms with van der Waals surface area (Å²) in [5, 5.41) is 3.24. The van der Waals surface area contributed by atoms with Crippen LogP contribution >= 0.6 is 0 Å². The second-order valence-corrected chi connectivity index (χ2v) is 6.71. The second kappa shape index (κ2) is 5.05. The summed E-state index contributed by atoms with van der Waals surface area (Å²) in [6, 6.07) is 5.36. The maximum atomic E-state index is 12.4. The van der Waals surface area contributed by atoms with Crippen molar-refractivity contribution in [3.8, 4) is 0 Å². The Morgan fingerprint density at radius 3 is 2.21 bits per heavy atom. The molecular weight excluding hydrogens is 274 g/mol. The number of anilines is 1. The molecule has 0 atom stereocenters. The highest BCUT2D eigenvalue weighted by atomic mass is 32.2. The fraction of sp³-hybridized carbons (Fsp3) is 0.500. The van der Waals surface area contributed by atoms with Crippen molar-refractivity contribution in [3.05, 3.63) is 24.3 Å². The van der Waals surface area contributed by atoms with Crippen LogP contribution in [0.15, 0.2) is 29.2 Å². The van der Waals surface area contributed by atoms with Crippen LogP contribution in [0, 0.1) is 0 Å². The number of nitrogens with two attached hydrogens (primary N) is 1. The normalized spacial score (nSPS) is 18.1. The Balaban J connectivity index is 2.15. The number of sulfone groups is 1. The van der Waals surface area contributed by atoms with E-state index in [9.17, 15) is 17.2 Å². The Bertz CT molecular complexity index is 534. The van der Waals surface area contributed by atoms with E-state index < -0.39 is 15.6 Å². The molecule has 0 aliphatic heterocycles. The topological polar surface area (TPSA) is 72.2 Å². The van der Waals surface area contributed by atoms with Crippen LogP contribution in [0.25, 0.3) is 0 Å². The smallest absolute Gasteiger partial charge is 0.341 e. The minimum atomic E-state index is -4.52. The van der Waals surface area contributed by atoms with Gasteiger partial charge >= 0.3 is 5.76 Å². The molecule has 4 nitrogen and oxygen atoms in total. The van der Waals surface area contributed by atoms with Crippen LogP contribution in [0.2, 0.25) is 0 Å². The highest BCUT2D eigenvalue weighted by molar-refractivity contribution is 7.91. The van der Waals surface area contributed by atoms with Crippen LogP contribution in [-0.2, 0) is 9.84 Å². The molecule has 0 spiro atoms. The zero-order valence-electron chi connectivity index (χ0n) is 10.3. The first-order valence-corrected chi connectivity index (χ1v) is 7.55. The van der Waals surface area contributed by atoms with Gasteiger partial charge in [-0.1, -0.05) is 0 Å². The van der Waals surface area contributed by atoms with E-state index >= 15 is 0 Å². The Morgan fingerprint density at radius 1 is 1.26 bits per heavy atom. The van der Waals surface area contributed by atoms with Crippen LogP contribution in [0.3, 0.4) is 0 Å². The maximum absolute atomic E-state index is 12.4. The van der Waals surface area contributed by atoms with Gasteiger partial charge in [0.15, 0.2) is 0 Å². The van der Waals surface area contributed by atoms with Gasteiger partial charge in [-0.15, -0.1) is 0 Å². The number of rotatable bonds is 5. The highest BCUT2D eigenvalue weighted by Crippen LogP contribution is 2.34. The monoisotopic (exact) mass is 290 g/mol. The van der Waals surface area contributed by atoms with E-state index in [2.05, 4.69) is 5.32 Å². The van der Waals surface area contributed by atoms with Crippen LogP contribution in [-0.4, -0.2) is 26.3 Å². The van der Waals surface area contributed by atoms with Crippen LogP contribution < -0.4 is 11.1 Å². The molecule has 0 heterocycles. The van der Waals surface area contributed by atoms with Crippen molar-refractivity contribution >= 4 is 15.5 Å². The molecular formula is C12H16F2N2O2S. The van der Waals surface area contributed by atoms with Gasteiger partial charge in [0.05, 0.1) is 4.90 Å². The van der Waals surface area contributed by atoms with Gasteiger partial charge in [-0.05, 0) is 43.5 Å². The van der Waals surface area contributed by atoms with E-state index in [4.69, 9.17) is 5.73 Å². The van der Waals surface area contributed by atoms with Gasteiger partial charge in [0.25, 0.3) is 0 Å². The van der Waals surface area contributed by atoms with Crippen molar-refractivity contribution in [3.63, 3.8) is 0 Å². The molecule has 1 aliphatic rings. The summed E-state index contributed by atoms with van der Waals surface area (Å²) in [5.74, 6) is -3.40. The van der Waals surface area contributed by atoms with Crippen molar-refractivity contribution in [2.75, 3.05) is 11.9 Å². The van der Waals surface area contributed by atoms with Gasteiger partial charge in [0.1, 0.15) is 0 Å². The van der Waals surface area contributed by atoms with E-state index in [1.165, 1.54) is 24.3 Å². The molecule has 19 heavy (non-hydrogen) atoms. The summed E-state index contributed by atoms with van der Waals surface area (Å²) in [5.41, 5.74) is 6.26. The van der Waals surface area contributed by atoms with Gasteiger partial charge in [-0.25, -0.2) is 8.42 Å². The largest absolute Gasteiger partial charge is 0.378 e. The lowest BCUT2D eigenvalue weighted by Crippen LogP contribution is -2.51. The summed E-state index contributed by atoms with van der Waals surface area (Å²) in [4.78, 5) is -0.372. The molecule has 0 saturated heterocycles. The molecule has 7 heteroatoms. The third-order valence-corrected chi connectivity index (χ3v) is 4.93. The number of hydrogen-bond acceptors (Lipinski definition) is 4. The number of halogens is 2. The van der Waals surface area contributed by atoms with Crippen molar-refractivity contribution in [2.24, 2.45) is 5.73 Å². The molecule has 1 saturated carbocycles. The molecule has 1 aromatic rings. The highest BCUT2D eigenvalue weighted by Gasteiger charge is 2.35. The average Bonchev–Trinajstić information content (AvgIpc) is 2.34. The summed E-state index contributed by atoms with van der Waals surface area (Å²) in [6.45, 7) is 0.490. The quantitative estimate of drug-likeness (QED) is 0.869. The number of nitrogens with one attached hydrogen (secondary N) is 1. The Hall–Kier alpha value is -1.21. The zero-order valence-corrected chi connectivity index (χ0v) is 11.1.